The van der Waals surface area contributed by atoms with Gasteiger partial charge in [0, 0.05) is 36.9 Å². The molecule has 10 heteroatoms. The van der Waals surface area contributed by atoms with Gasteiger partial charge in [0.05, 0.1) is 24.3 Å². The summed E-state index contributed by atoms with van der Waals surface area (Å²) in [6, 6.07) is 14.5. The predicted molar refractivity (Wildman–Crippen MR) is 181 cm³/mol. The average Bonchev–Trinajstić information content (AvgIpc) is 3.88. The van der Waals surface area contributed by atoms with E-state index in [1.54, 1.807) is 13.2 Å². The molecule has 3 fully saturated rings. The van der Waals surface area contributed by atoms with Gasteiger partial charge in [-0.3, -0.25) is 18.8 Å². The van der Waals surface area contributed by atoms with Gasteiger partial charge in [0.1, 0.15) is 11.2 Å². The summed E-state index contributed by atoms with van der Waals surface area (Å²) < 4.78 is 20.3. The van der Waals surface area contributed by atoms with Crippen LogP contribution < -0.4 is 0 Å². The number of amides is 1. The summed E-state index contributed by atoms with van der Waals surface area (Å²) in [5, 5.41) is 9.01. The molecule has 7 rings (SSSR count). The monoisotopic (exact) mass is 655 g/mol. The van der Waals surface area contributed by atoms with E-state index in [0.29, 0.717) is 35.1 Å². The van der Waals surface area contributed by atoms with Crippen LogP contribution in [-0.4, -0.2) is 75.0 Å². The molecule has 2 aromatic carbocycles. The van der Waals surface area contributed by atoms with Gasteiger partial charge in [-0.1, -0.05) is 30.3 Å². The Morgan fingerprint density at radius 1 is 0.979 bits per heavy atom. The molecule has 254 valence electrons. The van der Waals surface area contributed by atoms with Crippen LogP contribution in [0.1, 0.15) is 80.8 Å². The number of rotatable bonds is 9. The smallest absolute Gasteiger partial charge is 0.296 e. The lowest BCUT2D eigenvalue weighted by Gasteiger charge is -2.37. The first kappa shape index (κ1) is 32.6. The molecule has 0 radical (unpaired) electrons. The maximum absolute atomic E-state index is 14.4. The molecule has 1 aliphatic heterocycles. The van der Waals surface area contributed by atoms with E-state index in [1.807, 2.05) is 54.3 Å². The first-order valence-corrected chi connectivity index (χ1v) is 17.7. The number of likely N-dealkylation sites (tertiary alicyclic amines) is 1. The van der Waals surface area contributed by atoms with E-state index in [4.69, 9.17) is 4.74 Å². The zero-order valence-electron chi connectivity index (χ0n) is 27.9. The summed E-state index contributed by atoms with van der Waals surface area (Å²) in [5.41, 5.74) is 3.32. The molecule has 2 aliphatic carbocycles. The fourth-order valence-electron chi connectivity index (χ4n) is 8.86. The van der Waals surface area contributed by atoms with Crippen molar-refractivity contribution in [3.8, 4) is 0 Å². The number of para-hydroxylation sites is 1. The lowest BCUT2D eigenvalue weighted by molar-refractivity contribution is -0.143. The van der Waals surface area contributed by atoms with Crippen molar-refractivity contribution in [3.63, 3.8) is 0 Å². The van der Waals surface area contributed by atoms with Crippen molar-refractivity contribution in [1.29, 1.82) is 0 Å². The third-order valence-corrected chi connectivity index (χ3v) is 11.7. The minimum atomic E-state index is -0.441. The molecular formula is C38H46FN5O4. The number of alkyl halides is 1. The summed E-state index contributed by atoms with van der Waals surface area (Å²) in [6.45, 7) is 2.27. The molecule has 2 aromatic heterocycles. The number of H-pyrrole nitrogens is 1. The van der Waals surface area contributed by atoms with E-state index >= 15 is 0 Å². The van der Waals surface area contributed by atoms with E-state index in [-0.39, 0.29) is 54.6 Å². The second kappa shape index (κ2) is 13.9. The number of hydrogen-bond donors (Lipinski definition) is 1. The van der Waals surface area contributed by atoms with E-state index in [0.717, 1.165) is 74.3 Å². The van der Waals surface area contributed by atoms with Crippen LogP contribution in [0.5, 0.6) is 0 Å². The predicted octanol–water partition coefficient (Wildman–Crippen LogP) is 6.55. The van der Waals surface area contributed by atoms with Gasteiger partial charge < -0.3 is 14.6 Å². The van der Waals surface area contributed by atoms with Gasteiger partial charge in [-0.25, -0.2) is 0 Å². The maximum atomic E-state index is 14.4. The lowest BCUT2D eigenvalue weighted by atomic mass is 9.74. The molecule has 1 N–H and O–H groups in total. The van der Waals surface area contributed by atoms with Gasteiger partial charge in [0.15, 0.2) is 5.78 Å². The summed E-state index contributed by atoms with van der Waals surface area (Å²) >= 11 is 0. The van der Waals surface area contributed by atoms with Crippen LogP contribution in [0.3, 0.4) is 0 Å². The topological polar surface area (TPSA) is 110 Å². The van der Waals surface area contributed by atoms with Crippen LogP contribution in [0, 0.1) is 29.6 Å². The Kier molecular flexibility index (Phi) is 9.45. The van der Waals surface area contributed by atoms with Crippen molar-refractivity contribution >= 4 is 39.5 Å². The van der Waals surface area contributed by atoms with E-state index in [9.17, 15) is 18.8 Å². The number of carbonyl (C=O) groups excluding carboxylic acids is 3. The van der Waals surface area contributed by atoms with Crippen LogP contribution in [0.15, 0.2) is 48.5 Å². The minimum Gasteiger partial charge on any atom is -0.381 e. The molecule has 4 aromatic rings. The van der Waals surface area contributed by atoms with Crippen LogP contribution in [0.2, 0.25) is 0 Å². The summed E-state index contributed by atoms with van der Waals surface area (Å²) in [7, 11) is 1.77. The Hall–Kier alpha value is -3.92. The Morgan fingerprint density at radius 3 is 2.50 bits per heavy atom. The molecule has 9 nitrogen and oxygen atoms in total. The first-order chi connectivity index (χ1) is 23.3. The van der Waals surface area contributed by atoms with Crippen molar-refractivity contribution in [2.24, 2.45) is 29.6 Å². The highest BCUT2D eigenvalue weighted by Gasteiger charge is 2.47. The number of hydrogen-bond acceptors (Lipinski definition) is 6. The Labute approximate surface area is 280 Å². The van der Waals surface area contributed by atoms with Gasteiger partial charge in [-0.05, 0) is 117 Å². The van der Waals surface area contributed by atoms with Crippen molar-refractivity contribution in [2.75, 3.05) is 20.3 Å². The Bertz CT molecular complexity index is 1780. The van der Waals surface area contributed by atoms with Gasteiger partial charge in [-0.15, -0.1) is 5.10 Å². The quantitative estimate of drug-likeness (QED) is 0.219. The lowest BCUT2D eigenvalue weighted by Crippen LogP contribution is -2.48. The average molecular weight is 656 g/mol. The molecule has 0 bridgehead atoms. The summed E-state index contributed by atoms with van der Waals surface area (Å²) in [5.74, 6) is 0.670. The standard InChI is InChI=1S/C38H46FN5O4/c1-23(22-39)25-8-10-27(11-9-25)37(46)43-18-17-30(26-12-14-29(48-2)15-13-26)36(43)35(45)20-24-7-16-31-28(19-24)21-33(40-31)38(47)44-34-6-4-3-5-32(34)41-42-44/h3-7,16,19,21,23,25-27,29-30,36,40H,8-15,17-18,20,22H2,1-2H3/t23-,25?,26?,27?,29?,30+,36+/m1/s1. The third kappa shape index (κ3) is 6.31. The van der Waals surface area contributed by atoms with Crippen molar-refractivity contribution in [1.82, 2.24) is 24.9 Å². The number of Topliss-reactive ketones (excluding diaryl/α,β-unsaturated/α-hetero) is 1. The molecule has 1 saturated heterocycles. The fraction of sp³-hybridized carbons (Fsp3) is 0.553. The highest BCUT2D eigenvalue weighted by atomic mass is 19.1. The highest BCUT2D eigenvalue weighted by molar-refractivity contribution is 6.02. The Balaban J connectivity index is 1.10. The SMILES string of the molecule is COC1CCC([C@@H]2CCN(C(=O)C3CCC([C@H](C)CF)CC3)[C@@H]2C(=O)Cc2ccc3[nH]c(C(=O)n4nnc5ccccc54)cc3c2)CC1. The summed E-state index contributed by atoms with van der Waals surface area (Å²) in [6.07, 6.45) is 8.59. The fourth-order valence-corrected chi connectivity index (χ4v) is 8.86. The second-order valence-corrected chi connectivity index (χ2v) is 14.5. The largest absolute Gasteiger partial charge is 0.381 e. The number of methoxy groups -OCH3 is 1. The number of aromatic amines is 1. The molecular weight excluding hydrogens is 609 g/mol. The van der Waals surface area contributed by atoms with E-state index < -0.39 is 6.04 Å². The molecule has 3 atom stereocenters. The van der Waals surface area contributed by atoms with Gasteiger partial charge in [0.25, 0.3) is 5.91 Å². The van der Waals surface area contributed by atoms with Crippen molar-refractivity contribution < 1.29 is 23.5 Å². The number of aromatic nitrogens is 4. The van der Waals surface area contributed by atoms with Gasteiger partial charge in [-0.2, -0.15) is 4.68 Å². The van der Waals surface area contributed by atoms with Crippen molar-refractivity contribution in [2.45, 2.75) is 83.3 Å². The molecule has 3 heterocycles. The summed E-state index contributed by atoms with van der Waals surface area (Å²) in [4.78, 5) is 46.9. The van der Waals surface area contributed by atoms with Crippen LogP contribution in [-0.2, 0) is 20.7 Å². The van der Waals surface area contributed by atoms with Crippen LogP contribution in [0.4, 0.5) is 4.39 Å². The van der Waals surface area contributed by atoms with Gasteiger partial charge >= 0.3 is 0 Å². The normalized spacial score (nSPS) is 27.0. The molecule has 0 unspecified atom stereocenters. The number of nitrogens with one attached hydrogen (secondary N) is 1. The molecule has 48 heavy (non-hydrogen) atoms. The first-order valence-electron chi connectivity index (χ1n) is 17.7. The number of nitrogens with zero attached hydrogens (tertiary/aromatic N) is 4. The minimum absolute atomic E-state index is 0.0304. The number of ketones is 1. The number of fused-ring (bicyclic) bond motifs is 2. The number of halogens is 1. The van der Waals surface area contributed by atoms with Crippen LogP contribution >= 0.6 is 0 Å². The number of ether oxygens (including phenoxy) is 1. The van der Waals surface area contributed by atoms with Crippen molar-refractivity contribution in [3.05, 3.63) is 59.8 Å². The number of carbonyl (C=O) groups is 3. The molecule has 0 spiro atoms. The maximum Gasteiger partial charge on any atom is 0.296 e. The van der Waals surface area contributed by atoms with Crippen LogP contribution in [0.25, 0.3) is 21.9 Å². The molecule has 1 amide bonds. The highest BCUT2D eigenvalue weighted by Crippen LogP contribution is 2.42. The zero-order valence-corrected chi connectivity index (χ0v) is 27.9. The molecule has 3 aliphatic rings. The third-order valence-electron chi connectivity index (χ3n) is 11.7. The van der Waals surface area contributed by atoms with Gasteiger partial charge in [0.2, 0.25) is 5.91 Å². The second-order valence-electron chi connectivity index (χ2n) is 14.5. The van der Waals surface area contributed by atoms with E-state index in [2.05, 4.69) is 15.3 Å². The van der Waals surface area contributed by atoms with E-state index in [1.165, 1.54) is 4.68 Å². The number of benzene rings is 2. The Morgan fingerprint density at radius 2 is 1.75 bits per heavy atom. The zero-order chi connectivity index (χ0) is 33.4. The molecule has 2 saturated carbocycles.